The van der Waals surface area contributed by atoms with E-state index in [1.54, 1.807) is 21.3 Å². The Labute approximate surface area is 204 Å². The summed E-state index contributed by atoms with van der Waals surface area (Å²) in [5.41, 5.74) is 1.26. The Kier molecular flexibility index (Phi) is 11.9. The zero-order chi connectivity index (χ0) is 22.0. The first kappa shape index (κ1) is 27.8. The number of nitrogens with zero attached hydrogens (tertiary/aromatic N) is 1. The molecule has 10 heteroatoms. The lowest BCUT2D eigenvalue weighted by Gasteiger charge is -2.38. The largest absolute Gasteiger partial charge is 0.493 e. The second-order valence-electron chi connectivity index (χ2n) is 7.78. The van der Waals surface area contributed by atoms with Crippen LogP contribution in [0.2, 0.25) is 0 Å². The predicted molar refractivity (Wildman–Crippen MR) is 137 cm³/mol. The van der Waals surface area contributed by atoms with Crippen molar-refractivity contribution < 1.29 is 17.9 Å². The molecule has 8 nitrogen and oxygen atoms in total. The van der Waals surface area contributed by atoms with Gasteiger partial charge in [0.05, 0.1) is 20.5 Å². The van der Waals surface area contributed by atoms with Crippen molar-refractivity contribution in [3.63, 3.8) is 0 Å². The SMILES string of the molecule is CN=C(NCCCNS(C)(=O)=O)NCC1(c2ccc(OC)c(OC)c2)CCCCC1.I. The Morgan fingerprint density at radius 3 is 2.32 bits per heavy atom. The van der Waals surface area contributed by atoms with Gasteiger partial charge in [-0.1, -0.05) is 25.3 Å². The minimum atomic E-state index is -3.15. The molecule has 0 atom stereocenters. The Morgan fingerprint density at radius 1 is 1.06 bits per heavy atom. The van der Waals surface area contributed by atoms with Gasteiger partial charge in [0.2, 0.25) is 10.0 Å². The molecule has 0 unspecified atom stereocenters. The van der Waals surface area contributed by atoms with Crippen molar-refractivity contribution in [1.29, 1.82) is 0 Å². The lowest BCUT2D eigenvalue weighted by atomic mass is 9.69. The molecule has 0 bridgehead atoms. The molecule has 0 saturated heterocycles. The molecule has 1 aliphatic carbocycles. The summed E-state index contributed by atoms with van der Waals surface area (Å²) in [6, 6.07) is 6.21. The highest BCUT2D eigenvalue weighted by atomic mass is 127. The molecular weight excluding hydrogens is 531 g/mol. The maximum Gasteiger partial charge on any atom is 0.208 e. The van der Waals surface area contributed by atoms with Crippen LogP contribution in [0.25, 0.3) is 0 Å². The third-order valence-electron chi connectivity index (χ3n) is 5.63. The normalized spacial score (nSPS) is 16.2. The number of benzene rings is 1. The van der Waals surface area contributed by atoms with Crippen LogP contribution in [0.3, 0.4) is 0 Å². The molecule has 0 amide bonds. The fourth-order valence-electron chi connectivity index (χ4n) is 3.99. The van der Waals surface area contributed by atoms with Crippen molar-refractivity contribution in [2.45, 2.75) is 43.9 Å². The number of rotatable bonds is 10. The number of halogens is 1. The number of guanidine groups is 1. The van der Waals surface area contributed by atoms with E-state index in [1.165, 1.54) is 31.1 Å². The van der Waals surface area contributed by atoms with E-state index in [1.807, 2.05) is 6.07 Å². The Bertz CT molecular complexity index is 812. The van der Waals surface area contributed by atoms with E-state index in [-0.39, 0.29) is 29.4 Å². The van der Waals surface area contributed by atoms with Crippen LogP contribution in [0.1, 0.15) is 44.1 Å². The van der Waals surface area contributed by atoms with Gasteiger partial charge in [0, 0.05) is 32.1 Å². The van der Waals surface area contributed by atoms with Crippen molar-refractivity contribution in [1.82, 2.24) is 15.4 Å². The summed E-state index contributed by atoms with van der Waals surface area (Å²) >= 11 is 0. The molecule has 1 aromatic carbocycles. The minimum absolute atomic E-state index is 0. The molecule has 0 aromatic heterocycles. The zero-order valence-electron chi connectivity index (χ0n) is 19.0. The van der Waals surface area contributed by atoms with Crippen molar-refractivity contribution in [2.24, 2.45) is 4.99 Å². The lowest BCUT2D eigenvalue weighted by molar-refractivity contribution is 0.288. The Morgan fingerprint density at radius 2 is 1.74 bits per heavy atom. The van der Waals surface area contributed by atoms with Gasteiger partial charge in [-0.2, -0.15) is 0 Å². The highest BCUT2D eigenvalue weighted by Crippen LogP contribution is 2.42. The van der Waals surface area contributed by atoms with Gasteiger partial charge in [0.15, 0.2) is 17.5 Å². The topological polar surface area (TPSA) is 101 Å². The van der Waals surface area contributed by atoms with Gasteiger partial charge in [-0.25, -0.2) is 13.1 Å². The smallest absolute Gasteiger partial charge is 0.208 e. The van der Waals surface area contributed by atoms with Crippen LogP contribution in [0.4, 0.5) is 0 Å². The van der Waals surface area contributed by atoms with Crippen LogP contribution in [0.15, 0.2) is 23.2 Å². The quantitative estimate of drug-likeness (QED) is 0.174. The third kappa shape index (κ3) is 8.64. The first-order chi connectivity index (χ1) is 14.3. The van der Waals surface area contributed by atoms with Gasteiger partial charge in [-0.05, 0) is 37.0 Å². The number of hydrogen-bond donors (Lipinski definition) is 3. The molecule has 0 spiro atoms. The number of hydrogen-bond acceptors (Lipinski definition) is 5. The predicted octanol–water partition coefficient (Wildman–Crippen LogP) is 2.63. The number of sulfonamides is 1. The van der Waals surface area contributed by atoms with Crippen LogP contribution in [0.5, 0.6) is 11.5 Å². The van der Waals surface area contributed by atoms with Crippen LogP contribution < -0.4 is 24.8 Å². The minimum Gasteiger partial charge on any atom is -0.493 e. The summed E-state index contributed by atoms with van der Waals surface area (Å²) in [5.74, 6) is 2.21. The second-order valence-corrected chi connectivity index (χ2v) is 9.62. The highest BCUT2D eigenvalue weighted by molar-refractivity contribution is 14.0. The Balaban J connectivity index is 0.00000480. The summed E-state index contributed by atoms with van der Waals surface area (Å²) in [5, 5.41) is 6.74. The van der Waals surface area contributed by atoms with Crippen molar-refractivity contribution in [2.75, 3.05) is 47.2 Å². The summed E-state index contributed by atoms with van der Waals surface area (Å²) in [6.07, 6.45) is 7.69. The maximum absolute atomic E-state index is 11.1. The van der Waals surface area contributed by atoms with Gasteiger partial charge in [0.1, 0.15) is 0 Å². The van der Waals surface area contributed by atoms with E-state index in [0.29, 0.717) is 19.5 Å². The molecule has 0 aliphatic heterocycles. The zero-order valence-corrected chi connectivity index (χ0v) is 22.1. The first-order valence-corrected chi connectivity index (χ1v) is 12.3. The Hall–Kier alpha value is -1.27. The van der Waals surface area contributed by atoms with Gasteiger partial charge in [-0.15, -0.1) is 24.0 Å². The van der Waals surface area contributed by atoms with Crippen molar-refractivity contribution in [3.05, 3.63) is 23.8 Å². The second kappa shape index (κ2) is 13.3. The van der Waals surface area contributed by atoms with Crippen LogP contribution in [-0.4, -0.2) is 61.5 Å². The first-order valence-electron chi connectivity index (χ1n) is 10.5. The van der Waals surface area contributed by atoms with Crippen molar-refractivity contribution in [3.8, 4) is 11.5 Å². The van der Waals surface area contributed by atoms with Crippen LogP contribution in [0, 0.1) is 0 Å². The fraction of sp³-hybridized carbons (Fsp3) is 0.667. The molecule has 2 rings (SSSR count). The van der Waals surface area contributed by atoms with Crippen molar-refractivity contribution >= 4 is 40.0 Å². The average Bonchev–Trinajstić information content (AvgIpc) is 2.75. The molecule has 3 N–H and O–H groups in total. The monoisotopic (exact) mass is 568 g/mol. The maximum atomic E-state index is 11.1. The molecule has 31 heavy (non-hydrogen) atoms. The number of ether oxygens (including phenoxy) is 2. The number of methoxy groups -OCH3 is 2. The van der Waals surface area contributed by atoms with Gasteiger partial charge < -0.3 is 20.1 Å². The third-order valence-corrected chi connectivity index (χ3v) is 6.36. The summed E-state index contributed by atoms with van der Waals surface area (Å²) in [6.45, 7) is 1.80. The number of aliphatic imine (C=N–C) groups is 1. The molecule has 1 saturated carbocycles. The van der Waals surface area contributed by atoms with Crippen LogP contribution >= 0.6 is 24.0 Å². The van der Waals surface area contributed by atoms with E-state index in [9.17, 15) is 8.42 Å². The van der Waals surface area contributed by atoms with E-state index >= 15 is 0 Å². The van der Waals surface area contributed by atoms with E-state index in [2.05, 4.69) is 32.5 Å². The summed E-state index contributed by atoms with van der Waals surface area (Å²) in [7, 11) is 1.91. The molecule has 0 radical (unpaired) electrons. The molecule has 1 aromatic rings. The van der Waals surface area contributed by atoms with E-state index in [0.717, 1.165) is 36.8 Å². The average molecular weight is 569 g/mol. The molecule has 1 aliphatic rings. The fourth-order valence-corrected chi connectivity index (χ4v) is 4.50. The number of nitrogens with one attached hydrogen (secondary N) is 3. The highest BCUT2D eigenvalue weighted by Gasteiger charge is 2.34. The van der Waals surface area contributed by atoms with Gasteiger partial charge >= 0.3 is 0 Å². The van der Waals surface area contributed by atoms with Gasteiger partial charge in [-0.3, -0.25) is 4.99 Å². The van der Waals surface area contributed by atoms with Gasteiger partial charge in [0.25, 0.3) is 0 Å². The molecule has 0 heterocycles. The van der Waals surface area contributed by atoms with Crippen LogP contribution in [-0.2, 0) is 15.4 Å². The molecule has 178 valence electrons. The summed E-state index contributed by atoms with van der Waals surface area (Å²) < 4.78 is 35.7. The summed E-state index contributed by atoms with van der Waals surface area (Å²) in [4.78, 5) is 4.32. The molecular formula is C21H37IN4O4S. The standard InChI is InChI=1S/C21H36N4O4S.HI/c1-22-20(23-13-8-14-25-30(4,26)27)24-16-21(11-6-5-7-12-21)17-9-10-18(28-2)19(15-17)29-3;/h9-10,15,25H,5-8,11-14,16H2,1-4H3,(H2,22,23,24);1H. The lowest BCUT2D eigenvalue weighted by Crippen LogP contribution is -2.47. The van der Waals surface area contributed by atoms with E-state index < -0.39 is 10.0 Å². The van der Waals surface area contributed by atoms with E-state index in [4.69, 9.17) is 9.47 Å². The molecule has 1 fully saturated rings.